The summed E-state index contributed by atoms with van der Waals surface area (Å²) >= 11 is 0. The van der Waals surface area contributed by atoms with E-state index in [4.69, 9.17) is 0 Å². The van der Waals surface area contributed by atoms with Crippen LogP contribution in [-0.2, 0) is 0 Å². The molecule has 0 amide bonds. The second-order valence-corrected chi connectivity index (χ2v) is 7.71. The van der Waals surface area contributed by atoms with Crippen LogP contribution >= 0.6 is 0 Å². The SMILES string of the molecule is C/C=C\C.C=CC(=C\C)/C(=C/C)CC(=C)C(=C)Nc1cccc(C(CCC)CCC)c1.CC.CC. The molecule has 0 bridgehead atoms. The van der Waals surface area contributed by atoms with Crippen LogP contribution in [-0.4, -0.2) is 0 Å². The van der Waals surface area contributed by atoms with Crippen LogP contribution in [0.2, 0.25) is 0 Å². The van der Waals surface area contributed by atoms with Crippen molar-refractivity contribution in [1.29, 1.82) is 0 Å². The average molecular weight is 480 g/mol. The van der Waals surface area contributed by atoms with E-state index in [-0.39, 0.29) is 0 Å². The first kappa shape index (κ1) is 37.0. The van der Waals surface area contributed by atoms with E-state index in [2.05, 4.69) is 82.2 Å². The standard InChI is InChI=1S/C26H37N.C4H8.2C2H6/c1-8-14-24(15-9-2)25-16-13-17-26(19-25)27-21(7)20(6)18-23(12-5)22(10-3)11-4;1-3-4-2;2*1-2/h10-13,16-17,19,24,27H,3,6-9,14-15,18H2,1-2,4-5H3;3-4H,1-2H3;2*1-2H3/b22-11+,23-12+;4-3-;;. The third-order valence-corrected chi connectivity index (χ3v) is 5.34. The first-order chi connectivity index (χ1) is 16.9. The smallest absolute Gasteiger partial charge is 0.0386 e. The van der Waals surface area contributed by atoms with Gasteiger partial charge in [-0.3, -0.25) is 0 Å². The molecule has 35 heavy (non-hydrogen) atoms. The van der Waals surface area contributed by atoms with Crippen molar-refractivity contribution in [2.75, 3.05) is 5.32 Å². The number of allylic oxidation sites excluding steroid dienone is 8. The summed E-state index contributed by atoms with van der Waals surface area (Å²) in [6.45, 7) is 33.0. The fourth-order valence-corrected chi connectivity index (χ4v) is 3.45. The van der Waals surface area contributed by atoms with Crippen LogP contribution < -0.4 is 5.32 Å². The van der Waals surface area contributed by atoms with Crippen LogP contribution in [0.4, 0.5) is 5.69 Å². The summed E-state index contributed by atoms with van der Waals surface area (Å²) < 4.78 is 0. The number of hydrogen-bond acceptors (Lipinski definition) is 1. The van der Waals surface area contributed by atoms with Crippen molar-refractivity contribution < 1.29 is 0 Å². The second-order valence-electron chi connectivity index (χ2n) is 7.71. The fraction of sp³-hybridized carbons (Fsp3) is 0.471. The summed E-state index contributed by atoms with van der Waals surface area (Å²) in [5.41, 5.74) is 6.74. The maximum atomic E-state index is 4.24. The highest BCUT2D eigenvalue weighted by Crippen LogP contribution is 2.29. The molecule has 198 valence electrons. The van der Waals surface area contributed by atoms with Gasteiger partial charge in [0.05, 0.1) is 0 Å². The molecule has 0 aliphatic heterocycles. The third-order valence-electron chi connectivity index (χ3n) is 5.34. The number of benzene rings is 1. The highest BCUT2D eigenvalue weighted by Gasteiger charge is 2.11. The molecular weight excluding hydrogens is 422 g/mol. The molecule has 1 nitrogen and oxygen atoms in total. The van der Waals surface area contributed by atoms with Crippen molar-refractivity contribution in [2.24, 2.45) is 0 Å². The highest BCUT2D eigenvalue weighted by molar-refractivity contribution is 5.55. The van der Waals surface area contributed by atoms with Crippen LogP contribution in [0.15, 0.2) is 96.8 Å². The molecule has 1 N–H and O–H groups in total. The predicted octanol–water partition coefficient (Wildman–Crippen LogP) is 12.0. The Balaban J connectivity index is -0.00000113. The maximum Gasteiger partial charge on any atom is 0.0386 e. The van der Waals surface area contributed by atoms with E-state index in [1.165, 1.54) is 36.8 Å². The van der Waals surface area contributed by atoms with Gasteiger partial charge >= 0.3 is 0 Å². The molecule has 0 saturated heterocycles. The third kappa shape index (κ3) is 16.7. The zero-order valence-corrected chi connectivity index (χ0v) is 24.9. The quantitative estimate of drug-likeness (QED) is 0.232. The minimum Gasteiger partial charge on any atom is -0.356 e. The monoisotopic (exact) mass is 479 g/mol. The van der Waals surface area contributed by atoms with Crippen LogP contribution in [0, 0.1) is 0 Å². The van der Waals surface area contributed by atoms with Crippen LogP contribution in [0.3, 0.4) is 0 Å². The number of rotatable bonds is 12. The van der Waals surface area contributed by atoms with E-state index in [0.717, 1.165) is 29.0 Å². The Morgan fingerprint density at radius 2 is 1.43 bits per heavy atom. The van der Waals surface area contributed by atoms with Crippen LogP contribution in [0.5, 0.6) is 0 Å². The molecule has 0 aliphatic rings. The Labute approximate surface area is 220 Å². The Bertz CT molecular complexity index is 764. The van der Waals surface area contributed by atoms with E-state index < -0.39 is 0 Å². The summed E-state index contributed by atoms with van der Waals surface area (Å²) in [6, 6.07) is 8.76. The topological polar surface area (TPSA) is 12.0 Å². The normalized spacial score (nSPS) is 10.8. The van der Waals surface area contributed by atoms with Crippen molar-refractivity contribution in [3.05, 3.63) is 102 Å². The van der Waals surface area contributed by atoms with E-state index >= 15 is 0 Å². The van der Waals surface area contributed by atoms with Gasteiger partial charge in [-0.25, -0.2) is 0 Å². The average Bonchev–Trinajstić information content (AvgIpc) is 2.91. The molecule has 0 radical (unpaired) electrons. The molecule has 0 aliphatic carbocycles. The van der Waals surface area contributed by atoms with Gasteiger partial charge in [0, 0.05) is 11.4 Å². The Hall–Kier alpha value is -2.54. The molecule has 0 atom stereocenters. The number of anilines is 1. The first-order valence-corrected chi connectivity index (χ1v) is 13.7. The summed E-state index contributed by atoms with van der Waals surface area (Å²) in [5, 5.41) is 3.46. The lowest BCUT2D eigenvalue weighted by Gasteiger charge is -2.19. The maximum absolute atomic E-state index is 4.24. The number of hydrogen-bond donors (Lipinski definition) is 1. The van der Waals surface area contributed by atoms with Gasteiger partial charge in [0.25, 0.3) is 0 Å². The summed E-state index contributed by atoms with van der Waals surface area (Å²) in [6.07, 6.45) is 15.8. The molecule has 1 aromatic carbocycles. The molecule has 0 fully saturated rings. The first-order valence-electron chi connectivity index (χ1n) is 13.7. The Morgan fingerprint density at radius 1 is 0.886 bits per heavy atom. The van der Waals surface area contributed by atoms with Crippen molar-refractivity contribution in [3.63, 3.8) is 0 Å². The molecule has 0 spiro atoms. The lowest BCUT2D eigenvalue weighted by Crippen LogP contribution is -2.04. The van der Waals surface area contributed by atoms with Crippen molar-refractivity contribution in [1.82, 2.24) is 0 Å². The van der Waals surface area contributed by atoms with E-state index in [0.29, 0.717) is 5.92 Å². The molecule has 1 rings (SSSR count). The predicted molar refractivity (Wildman–Crippen MR) is 166 cm³/mol. The summed E-state index contributed by atoms with van der Waals surface area (Å²) in [4.78, 5) is 0. The number of nitrogens with one attached hydrogen (secondary N) is 1. The van der Waals surface area contributed by atoms with Gasteiger partial charge in [-0.1, -0.05) is 117 Å². The van der Waals surface area contributed by atoms with Gasteiger partial charge < -0.3 is 5.32 Å². The van der Waals surface area contributed by atoms with Gasteiger partial charge in [0.15, 0.2) is 0 Å². The zero-order chi connectivity index (χ0) is 27.6. The highest BCUT2D eigenvalue weighted by atomic mass is 14.9. The van der Waals surface area contributed by atoms with Gasteiger partial charge in [-0.2, -0.15) is 0 Å². The van der Waals surface area contributed by atoms with Crippen molar-refractivity contribution in [2.45, 2.75) is 107 Å². The van der Waals surface area contributed by atoms with E-state index in [9.17, 15) is 0 Å². The minimum atomic E-state index is 0.637. The van der Waals surface area contributed by atoms with Crippen LogP contribution in [0.25, 0.3) is 0 Å². The van der Waals surface area contributed by atoms with Crippen molar-refractivity contribution in [3.8, 4) is 0 Å². The molecule has 1 heteroatoms. The lowest BCUT2D eigenvalue weighted by molar-refractivity contribution is 0.561. The molecule has 0 unspecified atom stereocenters. The van der Waals surface area contributed by atoms with Gasteiger partial charge in [0.2, 0.25) is 0 Å². The van der Waals surface area contributed by atoms with E-state index in [1.807, 2.05) is 66.7 Å². The van der Waals surface area contributed by atoms with Gasteiger partial charge in [-0.15, -0.1) is 0 Å². The van der Waals surface area contributed by atoms with E-state index in [1.54, 1.807) is 0 Å². The molecule has 0 aromatic heterocycles. The lowest BCUT2D eigenvalue weighted by atomic mass is 9.90. The van der Waals surface area contributed by atoms with Crippen LogP contribution in [0.1, 0.15) is 113 Å². The summed E-state index contributed by atoms with van der Waals surface area (Å²) in [5.74, 6) is 0.637. The van der Waals surface area contributed by atoms with Gasteiger partial charge in [-0.05, 0) is 87.3 Å². The largest absolute Gasteiger partial charge is 0.356 e. The molecular formula is C34H57N. The Morgan fingerprint density at radius 3 is 1.83 bits per heavy atom. The molecule has 1 aromatic rings. The fourth-order valence-electron chi connectivity index (χ4n) is 3.45. The Kier molecular flexibility index (Phi) is 27.6. The second kappa shape index (κ2) is 26.1. The van der Waals surface area contributed by atoms with Gasteiger partial charge in [0.1, 0.15) is 0 Å². The summed E-state index contributed by atoms with van der Waals surface area (Å²) in [7, 11) is 0. The molecule has 0 heterocycles. The minimum absolute atomic E-state index is 0.637. The molecule has 0 saturated carbocycles. The van der Waals surface area contributed by atoms with Crippen molar-refractivity contribution >= 4 is 5.69 Å². The zero-order valence-electron chi connectivity index (χ0n) is 24.9.